The maximum atomic E-state index is 5.46. The average Bonchev–Trinajstić information content (AvgIpc) is 3.37. The van der Waals surface area contributed by atoms with E-state index < -0.39 is 0 Å². The molecule has 0 spiro atoms. The predicted octanol–water partition coefficient (Wildman–Crippen LogP) is 15.1. The molecule has 2 unspecified atom stereocenters. The highest BCUT2D eigenvalue weighted by atomic mass is 14.8. The van der Waals surface area contributed by atoms with Gasteiger partial charge in [0.25, 0.3) is 0 Å². The predicted molar refractivity (Wildman–Crippen MR) is 267 cm³/mol. The number of allylic oxidation sites excluding steroid dienone is 14. The van der Waals surface area contributed by atoms with E-state index in [0.29, 0.717) is 0 Å². The fourth-order valence-electron chi connectivity index (χ4n) is 11.1. The van der Waals surface area contributed by atoms with Crippen LogP contribution in [0.25, 0.3) is 98.7 Å². The molecule has 0 N–H and O–H groups in total. The molecular weight excluding hydrogens is 775 g/mol. The van der Waals surface area contributed by atoms with Gasteiger partial charge in [-0.2, -0.15) is 0 Å². The van der Waals surface area contributed by atoms with Crippen LogP contribution in [0.5, 0.6) is 0 Å². The third-order valence-electron chi connectivity index (χ3n) is 14.0. The molecule has 0 saturated heterocycles. The molecule has 296 valence electrons. The Balaban J connectivity index is 0.867. The highest BCUT2D eigenvalue weighted by Crippen LogP contribution is 2.53. The van der Waals surface area contributed by atoms with Gasteiger partial charge in [0.15, 0.2) is 0 Å². The summed E-state index contributed by atoms with van der Waals surface area (Å²) < 4.78 is 0. The average molecular weight is 812 g/mol. The number of pyridine rings is 3. The lowest BCUT2D eigenvalue weighted by atomic mass is 9.62. The Kier molecular flexibility index (Phi) is 7.52. The molecule has 0 fully saturated rings. The smallest absolute Gasteiger partial charge is 0.0972 e. The molecule has 14 rings (SSSR count). The summed E-state index contributed by atoms with van der Waals surface area (Å²) in [7, 11) is 0. The van der Waals surface area contributed by atoms with Crippen LogP contribution in [0.15, 0.2) is 235 Å². The van der Waals surface area contributed by atoms with Crippen LogP contribution >= 0.6 is 0 Å². The van der Waals surface area contributed by atoms with Crippen molar-refractivity contribution in [1.29, 1.82) is 0 Å². The third kappa shape index (κ3) is 5.25. The number of benzene rings is 7. The van der Waals surface area contributed by atoms with Gasteiger partial charge in [-0.25, -0.2) is 9.97 Å². The van der Waals surface area contributed by atoms with Crippen molar-refractivity contribution >= 4 is 76.2 Å². The van der Waals surface area contributed by atoms with Crippen molar-refractivity contribution in [3.8, 4) is 22.5 Å². The second-order valence-electron chi connectivity index (χ2n) is 17.5. The van der Waals surface area contributed by atoms with Crippen LogP contribution in [0.2, 0.25) is 0 Å². The van der Waals surface area contributed by atoms with E-state index >= 15 is 0 Å². The summed E-state index contributed by atoms with van der Waals surface area (Å²) in [6, 6.07) is 56.6. The molecule has 10 aromatic rings. The molecule has 0 amide bonds. The minimum absolute atomic E-state index is 0.235. The molecule has 4 aliphatic carbocycles. The zero-order valence-electron chi connectivity index (χ0n) is 34.7. The highest BCUT2D eigenvalue weighted by Gasteiger charge is 2.40. The van der Waals surface area contributed by atoms with Crippen LogP contribution in [0.1, 0.15) is 11.1 Å². The van der Waals surface area contributed by atoms with Gasteiger partial charge in [-0.05, 0) is 84.8 Å². The van der Waals surface area contributed by atoms with Crippen molar-refractivity contribution in [3.05, 3.63) is 246 Å². The summed E-state index contributed by atoms with van der Waals surface area (Å²) in [5, 5.41) is 10.8. The molecule has 7 aromatic carbocycles. The number of hydrogen-bond acceptors (Lipinski definition) is 3. The molecule has 3 heterocycles. The molecule has 2 atom stereocenters. The second-order valence-corrected chi connectivity index (χ2v) is 17.5. The van der Waals surface area contributed by atoms with Crippen molar-refractivity contribution in [3.63, 3.8) is 0 Å². The van der Waals surface area contributed by atoms with Crippen LogP contribution < -0.4 is 0 Å². The topological polar surface area (TPSA) is 38.7 Å². The molecule has 0 radical (unpaired) electrons. The molecule has 0 aliphatic heterocycles. The number of para-hydroxylation sites is 1. The molecule has 64 heavy (non-hydrogen) atoms. The van der Waals surface area contributed by atoms with E-state index in [4.69, 9.17) is 15.0 Å². The fraction of sp³-hybridized carbons (Fsp3) is 0.0328. The first-order chi connectivity index (χ1) is 31.7. The van der Waals surface area contributed by atoms with E-state index in [2.05, 4.69) is 200 Å². The Morgan fingerprint density at radius 1 is 0.406 bits per heavy atom. The largest absolute Gasteiger partial charge is 0.253 e. The minimum Gasteiger partial charge on any atom is -0.253 e. The number of rotatable bonds is 4. The first-order valence-corrected chi connectivity index (χ1v) is 22.2. The molecule has 3 heteroatoms. The number of nitrogens with zero attached hydrogens (tertiary/aromatic N) is 3. The molecule has 0 saturated carbocycles. The Morgan fingerprint density at radius 3 is 1.95 bits per heavy atom. The maximum absolute atomic E-state index is 5.46. The summed E-state index contributed by atoms with van der Waals surface area (Å²) in [4.78, 5) is 15.7. The van der Waals surface area contributed by atoms with E-state index in [1.165, 1.54) is 76.7 Å². The standard InChI is InChI=1S/C61H37N3/c1-2-11-36(12-3-1)53-30-27-38-22-24-43-34-45(35-62-60(43)61(38)63-53)46-28-25-37-21-23-40-32-44(33-41-26-29-51(46)56(37)55(40)41)39-13-10-14-42(31-39)59-58-50-18-7-5-16-48(50)47-15-4-6-17-49(47)57(58)52-19-8-9-20-54(52)64-59/h1-35,55-56H. The van der Waals surface area contributed by atoms with E-state index in [-0.39, 0.29) is 11.8 Å². The van der Waals surface area contributed by atoms with Crippen LogP contribution in [-0.2, 0) is 0 Å². The fourth-order valence-corrected chi connectivity index (χ4v) is 11.1. The lowest BCUT2D eigenvalue weighted by Crippen LogP contribution is -2.29. The monoisotopic (exact) mass is 811 g/mol. The molecule has 3 aromatic heterocycles. The van der Waals surface area contributed by atoms with E-state index in [9.17, 15) is 0 Å². The third-order valence-corrected chi connectivity index (χ3v) is 14.0. The number of fused-ring (bicyclic) bond motifs is 11. The van der Waals surface area contributed by atoms with Crippen LogP contribution in [0, 0.1) is 11.8 Å². The number of aromatic nitrogens is 3. The Bertz CT molecular complexity index is 3950. The quantitative estimate of drug-likeness (QED) is 0.166. The van der Waals surface area contributed by atoms with Gasteiger partial charge in [0.1, 0.15) is 0 Å². The SMILES string of the molecule is C1=CC2=CC=C(c3cnc4c(ccc5ccc(-c6ccccc6)nc54)c3)C3=CC=C4C=C(c5cccc(-c6nc7ccccc7c7c8ccccc8c8ccccc8c67)c5)C=C1C4C23. The van der Waals surface area contributed by atoms with Crippen LogP contribution in [-0.4, -0.2) is 15.0 Å². The zero-order chi connectivity index (χ0) is 41.9. The summed E-state index contributed by atoms with van der Waals surface area (Å²) in [6.45, 7) is 0. The second kappa shape index (κ2) is 13.6. The lowest BCUT2D eigenvalue weighted by Gasteiger charge is -2.41. The molecule has 4 aliphatic rings. The highest BCUT2D eigenvalue weighted by molar-refractivity contribution is 6.33. The van der Waals surface area contributed by atoms with Gasteiger partial charge in [-0.15, -0.1) is 0 Å². The van der Waals surface area contributed by atoms with Crippen LogP contribution in [0.4, 0.5) is 0 Å². The van der Waals surface area contributed by atoms with E-state index in [1.807, 2.05) is 12.3 Å². The van der Waals surface area contributed by atoms with Crippen molar-refractivity contribution in [2.75, 3.05) is 0 Å². The van der Waals surface area contributed by atoms with Gasteiger partial charge in [-0.1, -0.05) is 182 Å². The van der Waals surface area contributed by atoms with Crippen molar-refractivity contribution in [2.24, 2.45) is 11.8 Å². The molecule has 3 nitrogen and oxygen atoms in total. The van der Waals surface area contributed by atoms with Gasteiger partial charge < -0.3 is 0 Å². The Labute approximate surface area is 369 Å². The maximum Gasteiger partial charge on any atom is 0.0972 e. The van der Waals surface area contributed by atoms with Gasteiger partial charge >= 0.3 is 0 Å². The number of hydrogen-bond donors (Lipinski definition) is 0. The van der Waals surface area contributed by atoms with E-state index in [0.717, 1.165) is 55.4 Å². The normalized spacial score (nSPS) is 17.6. The van der Waals surface area contributed by atoms with Crippen LogP contribution in [0.3, 0.4) is 0 Å². The summed E-state index contributed by atoms with van der Waals surface area (Å²) in [5.41, 5.74) is 17.2. The first kappa shape index (κ1) is 35.3. The Morgan fingerprint density at radius 2 is 1.09 bits per heavy atom. The molecular formula is C61H37N3. The van der Waals surface area contributed by atoms with Gasteiger partial charge in [-0.3, -0.25) is 4.98 Å². The van der Waals surface area contributed by atoms with Crippen molar-refractivity contribution < 1.29 is 0 Å². The summed E-state index contributed by atoms with van der Waals surface area (Å²) >= 11 is 0. The summed E-state index contributed by atoms with van der Waals surface area (Å²) in [5.74, 6) is 0.481. The van der Waals surface area contributed by atoms with E-state index in [1.54, 1.807) is 0 Å². The minimum atomic E-state index is 0.235. The zero-order valence-corrected chi connectivity index (χ0v) is 34.7. The van der Waals surface area contributed by atoms with Gasteiger partial charge in [0.05, 0.1) is 27.9 Å². The molecule has 0 bridgehead atoms. The Hall–Kier alpha value is -8.27. The lowest BCUT2D eigenvalue weighted by molar-refractivity contribution is 0.568. The van der Waals surface area contributed by atoms with Gasteiger partial charge in [0, 0.05) is 61.7 Å². The van der Waals surface area contributed by atoms with Crippen molar-refractivity contribution in [1.82, 2.24) is 15.0 Å². The first-order valence-electron chi connectivity index (χ1n) is 22.2. The summed E-state index contributed by atoms with van der Waals surface area (Å²) in [6.07, 6.45) is 20.9. The van der Waals surface area contributed by atoms with Crippen molar-refractivity contribution in [2.45, 2.75) is 0 Å². The van der Waals surface area contributed by atoms with Gasteiger partial charge in [0.2, 0.25) is 0 Å².